The van der Waals surface area contributed by atoms with E-state index in [1.165, 1.54) is 12.5 Å². The number of oxazole rings is 1. The number of aryl methyl sites for hydroxylation is 2. The van der Waals surface area contributed by atoms with Crippen LogP contribution in [0.15, 0.2) is 59.6 Å². The van der Waals surface area contributed by atoms with Crippen LogP contribution in [0.4, 0.5) is 11.6 Å². The first-order valence-corrected chi connectivity index (χ1v) is 12.4. The molecule has 1 aliphatic heterocycles. The molecule has 0 saturated carbocycles. The van der Waals surface area contributed by atoms with Gasteiger partial charge in [0.2, 0.25) is 5.89 Å². The lowest BCUT2D eigenvalue weighted by Gasteiger charge is -2.28. The molecular formula is C27H26N8O3. The zero-order chi connectivity index (χ0) is 26.1. The number of carbonyl (C=O) groups is 1. The van der Waals surface area contributed by atoms with E-state index in [4.69, 9.17) is 24.9 Å². The number of rotatable bonds is 7. The minimum absolute atomic E-state index is 0.0295. The second-order valence-electron chi connectivity index (χ2n) is 9.05. The van der Waals surface area contributed by atoms with Gasteiger partial charge in [-0.25, -0.2) is 24.9 Å². The average molecular weight is 511 g/mol. The van der Waals surface area contributed by atoms with E-state index in [1.807, 2.05) is 47.9 Å². The number of nitrogens with two attached hydrogens (primary N) is 1. The third-order valence-corrected chi connectivity index (χ3v) is 6.52. The van der Waals surface area contributed by atoms with E-state index in [0.717, 1.165) is 41.5 Å². The van der Waals surface area contributed by atoms with Crippen LogP contribution in [0, 0.1) is 6.92 Å². The van der Waals surface area contributed by atoms with Crippen LogP contribution in [-0.4, -0.2) is 61.4 Å². The number of hydrogen-bond acceptors (Lipinski definition) is 10. The lowest BCUT2D eigenvalue weighted by atomic mass is 10.1. The van der Waals surface area contributed by atoms with Crippen LogP contribution in [0.5, 0.6) is 0 Å². The Labute approximate surface area is 218 Å². The highest BCUT2D eigenvalue weighted by molar-refractivity contribution is 5.99. The number of nitrogens with zero attached hydrogens (tertiary/aromatic N) is 7. The number of fused-ring (bicyclic) bond motifs is 1. The predicted octanol–water partition coefficient (Wildman–Crippen LogP) is 3.38. The van der Waals surface area contributed by atoms with Crippen molar-refractivity contribution in [2.75, 3.05) is 36.9 Å². The number of Topliss-reactive ketones (excluding diaryl/α,β-unsaturated/α-hetero) is 1. The highest BCUT2D eigenvalue weighted by Crippen LogP contribution is 2.31. The first kappa shape index (κ1) is 23.7. The summed E-state index contributed by atoms with van der Waals surface area (Å²) in [4.78, 5) is 38.1. The summed E-state index contributed by atoms with van der Waals surface area (Å²) in [5.41, 5.74) is 10.5. The number of carbonyl (C=O) groups excluding carboxylic acids is 1. The molecule has 0 unspecified atom stereocenters. The number of morpholine rings is 1. The van der Waals surface area contributed by atoms with Crippen LogP contribution in [0.2, 0.25) is 0 Å². The van der Waals surface area contributed by atoms with Crippen LogP contribution < -0.4 is 10.6 Å². The van der Waals surface area contributed by atoms with E-state index in [-0.39, 0.29) is 29.6 Å². The van der Waals surface area contributed by atoms with E-state index < -0.39 is 0 Å². The molecular weight excluding hydrogens is 484 g/mol. The van der Waals surface area contributed by atoms with E-state index >= 15 is 0 Å². The highest BCUT2D eigenvalue weighted by atomic mass is 16.5. The molecule has 5 aromatic rings. The van der Waals surface area contributed by atoms with Crippen molar-refractivity contribution in [3.8, 4) is 22.8 Å². The molecule has 1 fully saturated rings. The Morgan fingerprint density at radius 1 is 1.05 bits per heavy atom. The Kier molecular flexibility index (Phi) is 6.26. The smallest absolute Gasteiger partial charge is 0.247 e. The summed E-state index contributed by atoms with van der Waals surface area (Å²) in [6, 6.07) is 9.62. The molecule has 0 aliphatic carbocycles. The number of hydrogen-bond donors (Lipinski definition) is 1. The van der Waals surface area contributed by atoms with Crippen molar-refractivity contribution in [3.05, 3.63) is 72.3 Å². The molecule has 11 heteroatoms. The quantitative estimate of drug-likeness (QED) is 0.324. The number of pyridine rings is 2. The largest absolute Gasteiger partial charge is 0.443 e. The fourth-order valence-corrected chi connectivity index (χ4v) is 4.52. The Morgan fingerprint density at radius 2 is 1.92 bits per heavy atom. The molecule has 11 nitrogen and oxygen atoms in total. The van der Waals surface area contributed by atoms with Crippen molar-refractivity contribution < 1.29 is 13.9 Å². The van der Waals surface area contributed by atoms with Crippen molar-refractivity contribution in [1.29, 1.82) is 0 Å². The van der Waals surface area contributed by atoms with Gasteiger partial charge in [0, 0.05) is 48.9 Å². The fraction of sp³-hybridized carbons (Fsp3) is 0.259. The molecule has 6 rings (SSSR count). The zero-order valence-corrected chi connectivity index (χ0v) is 20.9. The minimum Gasteiger partial charge on any atom is -0.443 e. The number of nitrogen functional groups attached to an aromatic ring is 1. The summed E-state index contributed by atoms with van der Waals surface area (Å²) >= 11 is 0. The number of imidazole rings is 1. The molecule has 0 radical (unpaired) electrons. The predicted molar refractivity (Wildman–Crippen MR) is 141 cm³/mol. The lowest BCUT2D eigenvalue weighted by molar-refractivity contribution is 0.0978. The second kappa shape index (κ2) is 10.0. The molecule has 5 aromatic heterocycles. The van der Waals surface area contributed by atoms with Crippen LogP contribution in [-0.2, 0) is 11.2 Å². The standard InChI is InChI=1S/C27H26N8O3/c1-17-15-30-21-8-5-18(16-35(17)21)23-25(27-29-9-12-38-27)33-26(28)24(32-23)20(36)7-6-19-3-2-4-22(31-19)34-10-13-37-14-11-34/h2-5,8-9,12,15-16H,6-7,10-11,13-14H2,1H3,(H2,28,33). The van der Waals surface area contributed by atoms with Crippen LogP contribution >= 0.6 is 0 Å². The molecule has 0 amide bonds. The number of anilines is 2. The lowest BCUT2D eigenvalue weighted by Crippen LogP contribution is -2.36. The van der Waals surface area contributed by atoms with E-state index in [2.05, 4.69) is 19.9 Å². The van der Waals surface area contributed by atoms with E-state index in [9.17, 15) is 4.79 Å². The second-order valence-corrected chi connectivity index (χ2v) is 9.05. The molecule has 1 saturated heterocycles. The van der Waals surface area contributed by atoms with Gasteiger partial charge in [0.1, 0.15) is 29.1 Å². The maximum absolute atomic E-state index is 13.3. The molecule has 0 spiro atoms. The van der Waals surface area contributed by atoms with E-state index in [1.54, 1.807) is 6.20 Å². The third-order valence-electron chi connectivity index (χ3n) is 6.52. The van der Waals surface area contributed by atoms with Crippen LogP contribution in [0.25, 0.3) is 28.5 Å². The molecule has 38 heavy (non-hydrogen) atoms. The molecule has 0 bridgehead atoms. The monoisotopic (exact) mass is 510 g/mol. The summed E-state index contributed by atoms with van der Waals surface area (Å²) in [6.45, 7) is 4.92. The summed E-state index contributed by atoms with van der Waals surface area (Å²) in [6.07, 6.45) is 7.32. The van der Waals surface area contributed by atoms with Gasteiger partial charge in [-0.1, -0.05) is 6.07 Å². The topological polar surface area (TPSA) is 138 Å². The van der Waals surface area contributed by atoms with Gasteiger partial charge in [-0.15, -0.1) is 0 Å². The summed E-state index contributed by atoms with van der Waals surface area (Å²) in [5, 5.41) is 0. The van der Waals surface area contributed by atoms with Crippen molar-refractivity contribution in [2.24, 2.45) is 0 Å². The maximum atomic E-state index is 13.3. The number of aromatic nitrogens is 6. The fourth-order valence-electron chi connectivity index (χ4n) is 4.52. The molecule has 0 aromatic carbocycles. The normalized spacial score (nSPS) is 13.8. The van der Waals surface area contributed by atoms with Gasteiger partial charge < -0.3 is 24.2 Å². The van der Waals surface area contributed by atoms with Crippen molar-refractivity contribution in [3.63, 3.8) is 0 Å². The van der Waals surface area contributed by atoms with Crippen LogP contribution in [0.1, 0.15) is 28.3 Å². The molecule has 1 aliphatic rings. The summed E-state index contributed by atoms with van der Waals surface area (Å²) < 4.78 is 12.9. The Morgan fingerprint density at radius 3 is 2.74 bits per heavy atom. The van der Waals surface area contributed by atoms with Gasteiger partial charge >= 0.3 is 0 Å². The first-order chi connectivity index (χ1) is 18.6. The van der Waals surface area contributed by atoms with Crippen molar-refractivity contribution in [2.45, 2.75) is 19.8 Å². The molecule has 2 N–H and O–H groups in total. The molecule has 6 heterocycles. The SMILES string of the molecule is Cc1cnc2ccc(-c3nc(C(=O)CCc4cccc(N5CCOCC5)n4)c(N)nc3-c3ncco3)cn12. The number of ketones is 1. The van der Waals surface area contributed by atoms with Crippen molar-refractivity contribution >= 4 is 23.1 Å². The third kappa shape index (κ3) is 4.59. The summed E-state index contributed by atoms with van der Waals surface area (Å²) in [5.74, 6) is 0.973. The Bertz CT molecular complexity index is 1610. The maximum Gasteiger partial charge on any atom is 0.247 e. The Balaban J connectivity index is 1.31. The first-order valence-electron chi connectivity index (χ1n) is 12.4. The average Bonchev–Trinajstić information content (AvgIpc) is 3.62. The van der Waals surface area contributed by atoms with Gasteiger partial charge in [-0.05, 0) is 37.6 Å². The van der Waals surface area contributed by atoms with E-state index in [0.29, 0.717) is 31.0 Å². The molecule has 0 atom stereocenters. The summed E-state index contributed by atoms with van der Waals surface area (Å²) in [7, 11) is 0. The van der Waals surface area contributed by atoms with Gasteiger partial charge in [0.15, 0.2) is 17.3 Å². The van der Waals surface area contributed by atoms with Crippen molar-refractivity contribution in [1.82, 2.24) is 29.3 Å². The molecule has 192 valence electrons. The minimum atomic E-state index is -0.214. The Hall–Kier alpha value is -4.64. The number of ether oxygens (including phenoxy) is 1. The highest BCUT2D eigenvalue weighted by Gasteiger charge is 2.23. The zero-order valence-electron chi connectivity index (χ0n) is 20.9. The van der Waals surface area contributed by atoms with Gasteiger partial charge in [-0.3, -0.25) is 4.79 Å². The van der Waals surface area contributed by atoms with Gasteiger partial charge in [0.25, 0.3) is 0 Å². The van der Waals surface area contributed by atoms with Gasteiger partial charge in [-0.2, -0.15) is 0 Å². The van der Waals surface area contributed by atoms with Gasteiger partial charge in [0.05, 0.1) is 19.4 Å². The van der Waals surface area contributed by atoms with Crippen LogP contribution in [0.3, 0.4) is 0 Å².